The number of ether oxygens (including phenoxy) is 2. The highest BCUT2D eigenvalue weighted by molar-refractivity contribution is 9.09. The zero-order valence-electron chi connectivity index (χ0n) is 12.6. The second kappa shape index (κ2) is 8.61. The molecule has 4 heteroatoms. The highest BCUT2D eigenvalue weighted by Crippen LogP contribution is 2.29. The van der Waals surface area contributed by atoms with Gasteiger partial charge in [-0.3, -0.25) is 0 Å². The highest BCUT2D eigenvalue weighted by Gasteiger charge is 2.06. The number of hydrogen-bond acceptors (Lipinski definition) is 3. The van der Waals surface area contributed by atoms with E-state index in [1.165, 1.54) is 0 Å². The molecule has 22 heavy (non-hydrogen) atoms. The second-order valence-corrected chi connectivity index (χ2v) is 5.39. The van der Waals surface area contributed by atoms with Gasteiger partial charge in [0.2, 0.25) is 0 Å². The van der Waals surface area contributed by atoms with Gasteiger partial charge in [0.1, 0.15) is 6.61 Å². The van der Waals surface area contributed by atoms with Crippen molar-refractivity contribution < 1.29 is 9.47 Å². The maximum Gasteiger partial charge on any atom is 0.161 e. The first-order valence-corrected chi connectivity index (χ1v) is 8.19. The number of hydrogen-bond donors (Lipinski definition) is 1. The molecule has 0 fully saturated rings. The molecular weight excluding hydrogens is 342 g/mol. The summed E-state index contributed by atoms with van der Waals surface area (Å²) in [5, 5.41) is 0.762. The van der Waals surface area contributed by atoms with Crippen LogP contribution in [-0.4, -0.2) is 19.0 Å². The molecule has 0 saturated carbocycles. The lowest BCUT2D eigenvalue weighted by molar-refractivity contribution is 0.284. The van der Waals surface area contributed by atoms with E-state index >= 15 is 0 Å². The molecule has 0 spiro atoms. The topological polar surface area (TPSA) is 44.5 Å². The van der Waals surface area contributed by atoms with Crippen molar-refractivity contribution in [3.8, 4) is 11.5 Å². The van der Waals surface area contributed by atoms with Gasteiger partial charge in [0.15, 0.2) is 11.5 Å². The Kier molecular flexibility index (Phi) is 6.49. The fraction of sp³-hybridized carbons (Fsp3) is 0.222. The molecule has 2 aromatic rings. The summed E-state index contributed by atoms with van der Waals surface area (Å²) in [4.78, 5) is 0. The standard InChI is InChI=1S/C18H20BrNO2/c1-21-18-10-15(9-16(11-19)12-20)7-8-17(18)22-13-14-5-3-2-4-6-14/h2-10H,11-13,20H2,1H3. The van der Waals surface area contributed by atoms with Crippen molar-refractivity contribution >= 4 is 22.0 Å². The zero-order valence-corrected chi connectivity index (χ0v) is 14.2. The lowest BCUT2D eigenvalue weighted by Gasteiger charge is -2.12. The molecule has 0 radical (unpaired) electrons. The lowest BCUT2D eigenvalue weighted by atomic mass is 10.1. The van der Waals surface area contributed by atoms with Crippen LogP contribution in [0.2, 0.25) is 0 Å². The van der Waals surface area contributed by atoms with Crippen LogP contribution >= 0.6 is 15.9 Å². The minimum absolute atomic E-state index is 0.516. The van der Waals surface area contributed by atoms with Crippen molar-refractivity contribution in [2.24, 2.45) is 5.73 Å². The Balaban J connectivity index is 2.14. The number of rotatable bonds is 7. The van der Waals surface area contributed by atoms with Crippen LogP contribution in [0.4, 0.5) is 0 Å². The van der Waals surface area contributed by atoms with Crippen LogP contribution in [0.5, 0.6) is 11.5 Å². The molecule has 0 aliphatic carbocycles. The average molecular weight is 362 g/mol. The summed E-state index contributed by atoms with van der Waals surface area (Å²) < 4.78 is 11.3. The first-order chi connectivity index (χ1) is 10.8. The minimum Gasteiger partial charge on any atom is -0.493 e. The monoisotopic (exact) mass is 361 g/mol. The van der Waals surface area contributed by atoms with Crippen molar-refractivity contribution in [3.63, 3.8) is 0 Å². The summed E-state index contributed by atoms with van der Waals surface area (Å²) in [7, 11) is 1.65. The molecule has 2 aromatic carbocycles. The van der Waals surface area contributed by atoms with Gasteiger partial charge >= 0.3 is 0 Å². The van der Waals surface area contributed by atoms with Gasteiger partial charge in [-0.1, -0.05) is 58.4 Å². The van der Waals surface area contributed by atoms with E-state index < -0.39 is 0 Å². The Bertz CT molecular complexity index is 620. The first kappa shape index (κ1) is 16.6. The molecule has 0 amide bonds. The molecule has 0 aliphatic rings. The number of alkyl halides is 1. The maximum absolute atomic E-state index is 5.85. The van der Waals surface area contributed by atoms with E-state index in [0.717, 1.165) is 33.5 Å². The molecule has 0 aromatic heterocycles. The summed E-state index contributed by atoms with van der Waals surface area (Å²) in [5.74, 6) is 1.45. The SMILES string of the molecule is COc1cc(C=C(CN)CBr)ccc1OCc1ccccc1. The number of nitrogens with two attached hydrogens (primary N) is 1. The van der Waals surface area contributed by atoms with Crippen LogP contribution in [0.3, 0.4) is 0 Å². The molecule has 2 rings (SSSR count). The predicted octanol–water partition coefficient (Wildman–Crippen LogP) is 4.01. The summed E-state index contributed by atoms with van der Waals surface area (Å²) in [6, 6.07) is 15.9. The second-order valence-electron chi connectivity index (χ2n) is 4.82. The van der Waals surface area contributed by atoms with Gasteiger partial charge in [0.05, 0.1) is 7.11 Å². The van der Waals surface area contributed by atoms with Gasteiger partial charge in [-0.2, -0.15) is 0 Å². The van der Waals surface area contributed by atoms with E-state index in [1.807, 2.05) is 48.5 Å². The van der Waals surface area contributed by atoms with Crippen molar-refractivity contribution in [3.05, 3.63) is 65.2 Å². The molecule has 0 aliphatic heterocycles. The first-order valence-electron chi connectivity index (χ1n) is 7.07. The van der Waals surface area contributed by atoms with Crippen LogP contribution in [-0.2, 0) is 6.61 Å². The molecule has 0 heterocycles. The Morgan fingerprint density at radius 1 is 1.14 bits per heavy atom. The van der Waals surface area contributed by atoms with Crippen molar-refractivity contribution in [2.75, 3.05) is 19.0 Å². The fourth-order valence-electron chi connectivity index (χ4n) is 2.02. The molecule has 3 nitrogen and oxygen atoms in total. The van der Waals surface area contributed by atoms with Crippen molar-refractivity contribution in [1.82, 2.24) is 0 Å². The van der Waals surface area contributed by atoms with Gasteiger partial charge in [0, 0.05) is 11.9 Å². The van der Waals surface area contributed by atoms with Crippen LogP contribution in [0.1, 0.15) is 11.1 Å². The lowest BCUT2D eigenvalue weighted by Crippen LogP contribution is -2.03. The number of benzene rings is 2. The minimum atomic E-state index is 0.516. The van der Waals surface area contributed by atoms with Gasteiger partial charge in [0.25, 0.3) is 0 Å². The fourth-order valence-corrected chi connectivity index (χ4v) is 2.41. The van der Waals surface area contributed by atoms with Crippen LogP contribution in [0, 0.1) is 0 Å². The van der Waals surface area contributed by atoms with Gasteiger partial charge in [-0.05, 0) is 28.8 Å². The number of halogens is 1. The third kappa shape index (κ3) is 4.61. The largest absolute Gasteiger partial charge is 0.493 e. The Hall–Kier alpha value is -1.78. The molecule has 0 atom stereocenters. The molecule has 2 N–H and O–H groups in total. The van der Waals surface area contributed by atoms with E-state index in [1.54, 1.807) is 7.11 Å². The Morgan fingerprint density at radius 3 is 2.55 bits per heavy atom. The van der Waals surface area contributed by atoms with Gasteiger partial charge < -0.3 is 15.2 Å². The van der Waals surface area contributed by atoms with E-state index in [2.05, 4.69) is 22.0 Å². The summed E-state index contributed by atoms with van der Waals surface area (Å²) in [6.45, 7) is 1.04. The van der Waals surface area contributed by atoms with Gasteiger partial charge in [-0.25, -0.2) is 0 Å². The van der Waals surface area contributed by atoms with Gasteiger partial charge in [-0.15, -0.1) is 0 Å². The molecule has 0 unspecified atom stereocenters. The molecular formula is C18H20BrNO2. The van der Waals surface area contributed by atoms with Crippen LogP contribution < -0.4 is 15.2 Å². The van der Waals surface area contributed by atoms with E-state index in [4.69, 9.17) is 15.2 Å². The Morgan fingerprint density at radius 2 is 1.91 bits per heavy atom. The van der Waals surface area contributed by atoms with E-state index in [-0.39, 0.29) is 0 Å². The summed E-state index contributed by atoms with van der Waals surface area (Å²) >= 11 is 3.43. The summed E-state index contributed by atoms with van der Waals surface area (Å²) in [6.07, 6.45) is 2.05. The smallest absolute Gasteiger partial charge is 0.161 e. The normalized spacial score (nSPS) is 11.3. The van der Waals surface area contributed by atoms with E-state index in [0.29, 0.717) is 13.2 Å². The average Bonchev–Trinajstić information content (AvgIpc) is 2.59. The number of methoxy groups -OCH3 is 1. The molecule has 0 bridgehead atoms. The molecule has 116 valence electrons. The highest BCUT2D eigenvalue weighted by atomic mass is 79.9. The zero-order chi connectivity index (χ0) is 15.8. The Labute approximate surface area is 139 Å². The van der Waals surface area contributed by atoms with E-state index in [9.17, 15) is 0 Å². The predicted molar refractivity (Wildman–Crippen MR) is 94.6 cm³/mol. The quantitative estimate of drug-likeness (QED) is 0.757. The molecule has 0 saturated heterocycles. The maximum atomic E-state index is 5.85. The third-order valence-corrected chi connectivity index (χ3v) is 3.95. The summed E-state index contributed by atoms with van der Waals surface area (Å²) in [5.41, 5.74) is 8.98. The van der Waals surface area contributed by atoms with Crippen molar-refractivity contribution in [2.45, 2.75) is 6.61 Å². The van der Waals surface area contributed by atoms with Crippen LogP contribution in [0.25, 0.3) is 6.08 Å². The third-order valence-electron chi connectivity index (χ3n) is 3.23. The van der Waals surface area contributed by atoms with Crippen molar-refractivity contribution in [1.29, 1.82) is 0 Å². The van der Waals surface area contributed by atoms with Crippen LogP contribution in [0.15, 0.2) is 54.1 Å².